The molecule has 78 valence electrons. The van der Waals surface area contributed by atoms with Crippen molar-refractivity contribution in [1.29, 1.82) is 0 Å². The van der Waals surface area contributed by atoms with Crippen molar-refractivity contribution in [3.63, 3.8) is 0 Å². The molecule has 1 saturated carbocycles. The SMILES string of the molecule is NC1C2CN(CC3CCCO3)C(=O)C12. The van der Waals surface area contributed by atoms with E-state index in [0.717, 1.165) is 32.5 Å². The average Bonchev–Trinajstić information content (AvgIpc) is 2.58. The summed E-state index contributed by atoms with van der Waals surface area (Å²) >= 11 is 0. The summed E-state index contributed by atoms with van der Waals surface area (Å²) in [7, 11) is 0. The van der Waals surface area contributed by atoms with Crippen molar-refractivity contribution >= 4 is 5.91 Å². The zero-order valence-corrected chi connectivity index (χ0v) is 8.19. The lowest BCUT2D eigenvalue weighted by Crippen LogP contribution is -2.38. The monoisotopic (exact) mass is 196 g/mol. The maximum atomic E-state index is 11.7. The molecule has 0 aromatic carbocycles. The minimum atomic E-state index is 0.149. The largest absolute Gasteiger partial charge is 0.376 e. The number of nitrogens with two attached hydrogens (primary N) is 1. The fourth-order valence-electron chi connectivity index (χ4n) is 2.74. The van der Waals surface area contributed by atoms with E-state index in [1.54, 1.807) is 0 Å². The van der Waals surface area contributed by atoms with E-state index in [1.165, 1.54) is 0 Å². The molecule has 3 fully saturated rings. The molecule has 0 aromatic heterocycles. The van der Waals surface area contributed by atoms with Gasteiger partial charge in [-0.2, -0.15) is 0 Å². The summed E-state index contributed by atoms with van der Waals surface area (Å²) in [4.78, 5) is 13.7. The van der Waals surface area contributed by atoms with Crippen LogP contribution in [0.15, 0.2) is 0 Å². The third-order valence-corrected chi connectivity index (χ3v) is 3.71. The fourth-order valence-corrected chi connectivity index (χ4v) is 2.74. The van der Waals surface area contributed by atoms with Gasteiger partial charge >= 0.3 is 0 Å². The Balaban J connectivity index is 1.57. The summed E-state index contributed by atoms with van der Waals surface area (Å²) in [6.07, 6.45) is 2.53. The molecule has 0 spiro atoms. The van der Waals surface area contributed by atoms with Gasteiger partial charge in [-0.3, -0.25) is 4.79 Å². The van der Waals surface area contributed by atoms with Gasteiger partial charge in [-0.05, 0) is 12.8 Å². The second-order valence-electron chi connectivity index (χ2n) is 4.65. The van der Waals surface area contributed by atoms with Crippen molar-refractivity contribution in [3.8, 4) is 0 Å². The van der Waals surface area contributed by atoms with Crippen LogP contribution in [-0.4, -0.2) is 42.6 Å². The van der Waals surface area contributed by atoms with Gasteiger partial charge in [0.1, 0.15) is 0 Å². The Morgan fingerprint density at radius 2 is 2.43 bits per heavy atom. The van der Waals surface area contributed by atoms with Crippen LogP contribution in [0.3, 0.4) is 0 Å². The lowest BCUT2D eigenvalue weighted by Gasteiger charge is -2.22. The molecule has 2 aliphatic heterocycles. The molecule has 0 aromatic rings. The summed E-state index contributed by atoms with van der Waals surface area (Å²) in [6.45, 7) is 2.52. The fraction of sp³-hybridized carbons (Fsp3) is 0.900. The van der Waals surface area contributed by atoms with Crippen molar-refractivity contribution in [2.45, 2.75) is 25.0 Å². The molecule has 0 bridgehead atoms. The number of hydrogen-bond acceptors (Lipinski definition) is 3. The van der Waals surface area contributed by atoms with Crippen molar-refractivity contribution < 1.29 is 9.53 Å². The Labute approximate surface area is 83.4 Å². The first-order valence-corrected chi connectivity index (χ1v) is 5.43. The molecule has 2 N–H and O–H groups in total. The number of piperidine rings is 1. The number of fused-ring (bicyclic) bond motifs is 1. The van der Waals surface area contributed by atoms with Crippen LogP contribution in [0.25, 0.3) is 0 Å². The smallest absolute Gasteiger partial charge is 0.227 e. The third-order valence-electron chi connectivity index (χ3n) is 3.71. The molecule has 3 aliphatic rings. The normalized spacial score (nSPS) is 45.8. The van der Waals surface area contributed by atoms with Crippen LogP contribution in [0.2, 0.25) is 0 Å². The van der Waals surface area contributed by atoms with E-state index in [0.29, 0.717) is 5.92 Å². The van der Waals surface area contributed by atoms with Crippen LogP contribution in [-0.2, 0) is 9.53 Å². The summed E-state index contributed by atoms with van der Waals surface area (Å²) in [5.41, 5.74) is 5.75. The van der Waals surface area contributed by atoms with Crippen molar-refractivity contribution in [2.75, 3.05) is 19.7 Å². The molecular weight excluding hydrogens is 180 g/mol. The van der Waals surface area contributed by atoms with Gasteiger partial charge < -0.3 is 15.4 Å². The number of ether oxygens (including phenoxy) is 1. The second kappa shape index (κ2) is 2.94. The molecule has 1 amide bonds. The molecule has 2 saturated heterocycles. The number of hydrogen-bond donors (Lipinski definition) is 1. The van der Waals surface area contributed by atoms with Crippen molar-refractivity contribution in [3.05, 3.63) is 0 Å². The van der Waals surface area contributed by atoms with E-state index in [9.17, 15) is 4.79 Å². The Kier molecular flexibility index (Phi) is 1.82. The minimum absolute atomic E-state index is 0.149. The maximum absolute atomic E-state index is 11.7. The first kappa shape index (κ1) is 8.68. The molecule has 4 atom stereocenters. The highest BCUT2D eigenvalue weighted by atomic mass is 16.5. The molecule has 4 unspecified atom stereocenters. The topological polar surface area (TPSA) is 55.6 Å². The van der Waals surface area contributed by atoms with Crippen LogP contribution in [0.4, 0.5) is 0 Å². The summed E-state index contributed by atoms with van der Waals surface area (Å²) < 4.78 is 5.51. The second-order valence-corrected chi connectivity index (χ2v) is 4.65. The summed E-state index contributed by atoms with van der Waals surface area (Å²) in [6, 6.07) is 0.156. The number of rotatable bonds is 2. The molecule has 4 heteroatoms. The van der Waals surface area contributed by atoms with E-state index in [4.69, 9.17) is 10.5 Å². The first-order chi connectivity index (χ1) is 6.77. The highest BCUT2D eigenvalue weighted by Gasteiger charge is 2.59. The highest BCUT2D eigenvalue weighted by molar-refractivity contribution is 5.86. The lowest BCUT2D eigenvalue weighted by atomic mass is 10.2. The van der Waals surface area contributed by atoms with Crippen LogP contribution in [0.5, 0.6) is 0 Å². The van der Waals surface area contributed by atoms with Crippen LogP contribution < -0.4 is 5.73 Å². The molecular formula is C10H16N2O2. The Morgan fingerprint density at radius 3 is 3.00 bits per heavy atom. The molecule has 3 rings (SSSR count). The van der Waals surface area contributed by atoms with Gasteiger partial charge in [0.15, 0.2) is 0 Å². The van der Waals surface area contributed by atoms with Crippen molar-refractivity contribution in [1.82, 2.24) is 4.90 Å². The number of carbonyl (C=O) groups is 1. The van der Waals surface area contributed by atoms with Crippen LogP contribution >= 0.6 is 0 Å². The number of nitrogens with zero attached hydrogens (tertiary/aromatic N) is 1. The number of likely N-dealkylation sites (tertiary alicyclic amines) is 1. The minimum Gasteiger partial charge on any atom is -0.376 e. The summed E-state index contributed by atoms with van der Waals surface area (Å²) in [5.74, 6) is 0.860. The quantitative estimate of drug-likeness (QED) is 0.652. The maximum Gasteiger partial charge on any atom is 0.227 e. The zero-order chi connectivity index (χ0) is 9.71. The van der Waals surface area contributed by atoms with E-state index >= 15 is 0 Å². The van der Waals surface area contributed by atoms with Gasteiger partial charge in [0.05, 0.1) is 12.0 Å². The standard InChI is InChI=1S/C10H16N2O2/c11-9-7-5-12(10(13)8(7)9)4-6-2-1-3-14-6/h6-9H,1-5,11H2. The van der Waals surface area contributed by atoms with E-state index in [2.05, 4.69) is 0 Å². The Morgan fingerprint density at radius 1 is 1.57 bits per heavy atom. The van der Waals surface area contributed by atoms with Crippen molar-refractivity contribution in [2.24, 2.45) is 17.6 Å². The van der Waals surface area contributed by atoms with Gasteiger partial charge in [-0.15, -0.1) is 0 Å². The van der Waals surface area contributed by atoms with Gasteiger partial charge in [-0.25, -0.2) is 0 Å². The Bertz CT molecular complexity index is 263. The van der Waals surface area contributed by atoms with E-state index < -0.39 is 0 Å². The molecule has 4 nitrogen and oxygen atoms in total. The van der Waals surface area contributed by atoms with E-state index in [1.807, 2.05) is 4.90 Å². The van der Waals surface area contributed by atoms with E-state index in [-0.39, 0.29) is 24.0 Å². The van der Waals surface area contributed by atoms with Gasteiger partial charge in [-0.1, -0.05) is 0 Å². The number of carbonyl (C=O) groups excluding carboxylic acids is 1. The van der Waals surface area contributed by atoms with Gasteiger partial charge in [0.25, 0.3) is 0 Å². The molecule has 0 radical (unpaired) electrons. The average molecular weight is 196 g/mol. The molecule has 1 aliphatic carbocycles. The van der Waals surface area contributed by atoms with Crippen LogP contribution in [0, 0.1) is 11.8 Å². The van der Waals surface area contributed by atoms with Gasteiger partial charge in [0.2, 0.25) is 5.91 Å². The first-order valence-electron chi connectivity index (χ1n) is 5.43. The number of amides is 1. The molecule has 2 heterocycles. The lowest BCUT2D eigenvalue weighted by molar-refractivity contribution is -0.131. The third kappa shape index (κ3) is 1.17. The highest BCUT2D eigenvalue weighted by Crippen LogP contribution is 2.44. The Hall–Kier alpha value is -0.610. The zero-order valence-electron chi connectivity index (χ0n) is 8.19. The predicted octanol–water partition coefficient (Wildman–Crippen LogP) is -0.419. The summed E-state index contributed by atoms with van der Waals surface area (Å²) in [5, 5.41) is 0. The molecule has 14 heavy (non-hydrogen) atoms. The van der Waals surface area contributed by atoms with Crippen LogP contribution in [0.1, 0.15) is 12.8 Å². The van der Waals surface area contributed by atoms with Gasteiger partial charge in [0, 0.05) is 31.7 Å². The predicted molar refractivity (Wildman–Crippen MR) is 50.5 cm³/mol.